The number of hydrogen-bond donors (Lipinski definition) is 1. The van der Waals surface area contributed by atoms with Crippen LogP contribution in [-0.4, -0.2) is 35.8 Å². The van der Waals surface area contributed by atoms with E-state index in [2.05, 4.69) is 36.1 Å². The van der Waals surface area contributed by atoms with Crippen molar-refractivity contribution in [2.45, 2.75) is 39.3 Å². The van der Waals surface area contributed by atoms with E-state index in [1.807, 2.05) is 0 Å². The zero-order valence-corrected chi connectivity index (χ0v) is 11.3. The van der Waals surface area contributed by atoms with Crippen molar-refractivity contribution in [2.75, 3.05) is 19.8 Å². The smallest absolute Gasteiger partial charge is 0.161 e. The molecule has 2 heterocycles. The van der Waals surface area contributed by atoms with Crippen LogP contribution in [0.3, 0.4) is 0 Å². The van der Waals surface area contributed by atoms with Crippen molar-refractivity contribution in [3.8, 4) is 5.75 Å². The molecule has 0 spiro atoms. The molecule has 1 N–H and O–H groups in total. The number of aromatic nitrogens is 2. The SMILES string of the molecule is CCNCc1nc(C(C)C)ncc1OC1COC1. The lowest BCUT2D eigenvalue weighted by molar-refractivity contribution is -0.0803. The van der Waals surface area contributed by atoms with Crippen LogP contribution in [0.5, 0.6) is 5.75 Å². The quantitative estimate of drug-likeness (QED) is 0.830. The lowest BCUT2D eigenvalue weighted by atomic mass is 10.2. The highest BCUT2D eigenvalue weighted by Gasteiger charge is 2.22. The summed E-state index contributed by atoms with van der Waals surface area (Å²) in [6.07, 6.45) is 1.94. The molecule has 0 aromatic carbocycles. The van der Waals surface area contributed by atoms with Gasteiger partial charge in [0.15, 0.2) is 5.75 Å². The van der Waals surface area contributed by atoms with Gasteiger partial charge in [0.25, 0.3) is 0 Å². The van der Waals surface area contributed by atoms with Gasteiger partial charge < -0.3 is 14.8 Å². The van der Waals surface area contributed by atoms with Crippen molar-refractivity contribution >= 4 is 0 Å². The Balaban J connectivity index is 2.14. The fourth-order valence-corrected chi connectivity index (χ4v) is 1.63. The second-order valence-corrected chi connectivity index (χ2v) is 4.75. The van der Waals surface area contributed by atoms with Crippen LogP contribution in [0.25, 0.3) is 0 Å². The molecule has 0 bridgehead atoms. The van der Waals surface area contributed by atoms with E-state index >= 15 is 0 Å². The lowest BCUT2D eigenvalue weighted by Crippen LogP contribution is -2.39. The molecule has 0 atom stereocenters. The van der Waals surface area contributed by atoms with Gasteiger partial charge in [-0.15, -0.1) is 0 Å². The highest BCUT2D eigenvalue weighted by molar-refractivity contribution is 5.26. The van der Waals surface area contributed by atoms with Crippen molar-refractivity contribution in [3.63, 3.8) is 0 Å². The van der Waals surface area contributed by atoms with Crippen molar-refractivity contribution < 1.29 is 9.47 Å². The first-order valence-electron chi connectivity index (χ1n) is 6.51. The van der Waals surface area contributed by atoms with Gasteiger partial charge in [-0.25, -0.2) is 9.97 Å². The number of hydrogen-bond acceptors (Lipinski definition) is 5. The minimum absolute atomic E-state index is 0.152. The molecule has 0 aliphatic carbocycles. The standard InChI is InChI=1S/C13H21N3O2/c1-4-14-5-11-12(18-10-7-17-8-10)6-15-13(16-11)9(2)3/h6,9-10,14H,4-5,7-8H2,1-3H3. The van der Waals surface area contributed by atoms with Gasteiger partial charge in [0.2, 0.25) is 0 Å². The Hall–Kier alpha value is -1.20. The summed E-state index contributed by atoms with van der Waals surface area (Å²) in [6.45, 7) is 9.19. The maximum Gasteiger partial charge on any atom is 0.161 e. The average molecular weight is 251 g/mol. The van der Waals surface area contributed by atoms with E-state index in [4.69, 9.17) is 9.47 Å². The van der Waals surface area contributed by atoms with Gasteiger partial charge in [0.1, 0.15) is 11.9 Å². The Kier molecular flexibility index (Phi) is 4.49. The fourth-order valence-electron chi connectivity index (χ4n) is 1.63. The molecule has 0 unspecified atom stereocenters. The number of rotatable bonds is 6. The first kappa shape index (κ1) is 13.2. The zero-order valence-electron chi connectivity index (χ0n) is 11.3. The fraction of sp³-hybridized carbons (Fsp3) is 0.692. The average Bonchev–Trinajstić information content (AvgIpc) is 2.31. The van der Waals surface area contributed by atoms with E-state index in [9.17, 15) is 0 Å². The number of nitrogens with zero attached hydrogens (tertiary/aromatic N) is 2. The van der Waals surface area contributed by atoms with Crippen LogP contribution < -0.4 is 10.1 Å². The summed E-state index contributed by atoms with van der Waals surface area (Å²) in [4.78, 5) is 8.94. The van der Waals surface area contributed by atoms with Crippen LogP contribution in [0.2, 0.25) is 0 Å². The largest absolute Gasteiger partial charge is 0.482 e. The van der Waals surface area contributed by atoms with Gasteiger partial charge >= 0.3 is 0 Å². The first-order valence-corrected chi connectivity index (χ1v) is 6.51. The Labute approximate surface area is 108 Å². The number of nitrogens with one attached hydrogen (secondary N) is 1. The summed E-state index contributed by atoms with van der Waals surface area (Å²) < 4.78 is 10.9. The molecule has 100 valence electrons. The molecule has 1 aliphatic heterocycles. The second kappa shape index (κ2) is 6.11. The summed E-state index contributed by atoms with van der Waals surface area (Å²) in [5.41, 5.74) is 0.933. The summed E-state index contributed by atoms with van der Waals surface area (Å²) in [7, 11) is 0. The van der Waals surface area contributed by atoms with Gasteiger partial charge in [-0.2, -0.15) is 0 Å². The van der Waals surface area contributed by atoms with Crippen LogP contribution in [0.15, 0.2) is 6.20 Å². The highest BCUT2D eigenvalue weighted by Crippen LogP contribution is 2.21. The molecular formula is C13H21N3O2. The van der Waals surface area contributed by atoms with Gasteiger partial charge in [-0.05, 0) is 6.54 Å². The molecule has 18 heavy (non-hydrogen) atoms. The predicted molar refractivity (Wildman–Crippen MR) is 68.7 cm³/mol. The van der Waals surface area contributed by atoms with E-state index in [0.717, 1.165) is 23.8 Å². The van der Waals surface area contributed by atoms with Crippen LogP contribution in [0.4, 0.5) is 0 Å². The van der Waals surface area contributed by atoms with Crippen molar-refractivity contribution in [2.24, 2.45) is 0 Å². The van der Waals surface area contributed by atoms with E-state index in [0.29, 0.717) is 25.7 Å². The summed E-state index contributed by atoms with van der Waals surface area (Å²) in [6, 6.07) is 0. The Bertz CT molecular complexity index is 392. The molecule has 1 aromatic rings. The van der Waals surface area contributed by atoms with Crippen molar-refractivity contribution in [1.82, 2.24) is 15.3 Å². The van der Waals surface area contributed by atoms with Gasteiger partial charge in [0, 0.05) is 12.5 Å². The third kappa shape index (κ3) is 3.17. The number of ether oxygens (including phenoxy) is 2. The molecule has 1 aromatic heterocycles. The Morgan fingerprint density at radius 2 is 2.28 bits per heavy atom. The highest BCUT2D eigenvalue weighted by atomic mass is 16.6. The van der Waals surface area contributed by atoms with Crippen LogP contribution in [0, 0.1) is 0 Å². The first-order chi connectivity index (χ1) is 8.70. The third-order valence-electron chi connectivity index (χ3n) is 2.81. The van der Waals surface area contributed by atoms with Crippen LogP contribution in [-0.2, 0) is 11.3 Å². The van der Waals surface area contributed by atoms with E-state index < -0.39 is 0 Å². The third-order valence-corrected chi connectivity index (χ3v) is 2.81. The van der Waals surface area contributed by atoms with Gasteiger partial charge in [-0.3, -0.25) is 0 Å². The molecular weight excluding hydrogens is 230 g/mol. The molecule has 1 saturated heterocycles. The second-order valence-electron chi connectivity index (χ2n) is 4.75. The Morgan fingerprint density at radius 1 is 1.50 bits per heavy atom. The molecule has 1 fully saturated rings. The minimum Gasteiger partial charge on any atom is -0.482 e. The van der Waals surface area contributed by atoms with Crippen LogP contribution in [0.1, 0.15) is 38.2 Å². The monoisotopic (exact) mass is 251 g/mol. The minimum atomic E-state index is 0.152. The van der Waals surface area contributed by atoms with E-state index in [-0.39, 0.29) is 6.10 Å². The molecule has 5 nitrogen and oxygen atoms in total. The Morgan fingerprint density at radius 3 is 2.83 bits per heavy atom. The summed E-state index contributed by atoms with van der Waals surface area (Å²) in [5.74, 6) is 1.96. The predicted octanol–water partition coefficient (Wildman–Crippen LogP) is 1.49. The molecule has 1 aliphatic rings. The summed E-state index contributed by atoms with van der Waals surface area (Å²) in [5, 5.41) is 3.28. The van der Waals surface area contributed by atoms with E-state index in [1.54, 1.807) is 6.20 Å². The maximum absolute atomic E-state index is 5.82. The normalized spacial score (nSPS) is 15.8. The zero-order chi connectivity index (χ0) is 13.0. The van der Waals surface area contributed by atoms with Crippen LogP contribution >= 0.6 is 0 Å². The molecule has 0 saturated carbocycles. The van der Waals surface area contributed by atoms with E-state index in [1.165, 1.54) is 0 Å². The lowest BCUT2D eigenvalue weighted by Gasteiger charge is -2.27. The molecule has 0 radical (unpaired) electrons. The van der Waals surface area contributed by atoms with Gasteiger partial charge in [0.05, 0.1) is 25.1 Å². The van der Waals surface area contributed by atoms with Crippen molar-refractivity contribution in [3.05, 3.63) is 17.7 Å². The van der Waals surface area contributed by atoms with Gasteiger partial charge in [-0.1, -0.05) is 20.8 Å². The maximum atomic E-state index is 5.82. The van der Waals surface area contributed by atoms with Crippen molar-refractivity contribution in [1.29, 1.82) is 0 Å². The molecule has 0 amide bonds. The molecule has 5 heteroatoms. The summed E-state index contributed by atoms with van der Waals surface area (Å²) >= 11 is 0. The molecule has 2 rings (SSSR count). The topological polar surface area (TPSA) is 56.3 Å².